The van der Waals surface area contributed by atoms with Crippen molar-refractivity contribution in [1.82, 2.24) is 38.8 Å². The van der Waals surface area contributed by atoms with Crippen LogP contribution in [0.1, 0.15) is 12.8 Å². The molecule has 0 spiro atoms. The molecule has 2 aliphatic heterocycles. The van der Waals surface area contributed by atoms with Crippen LogP contribution < -0.4 is 10.2 Å². The standard InChI is InChI=1S/C32H28F2N10O/c1-41-9-3-10-42-18-39-24-5-2-4-22(29(24)42)25-14-28(38-17-37-25)40-20-13-26(32(41)45)44(16-20)31-27-15-36-30(43(27)11-8-35-31)21-7-6-19(33)12-23(21)34/h2,4-8,11-12,14-15,17-18,20,26H,3,9-10,13,16H2,1H3,(H,37,38,40)/t20-,26-/m0/s1. The monoisotopic (exact) mass is 606 g/mol. The van der Waals surface area contributed by atoms with Crippen LogP contribution in [0.4, 0.5) is 20.4 Å². The van der Waals surface area contributed by atoms with Crippen LogP contribution in [0.15, 0.2) is 73.7 Å². The smallest absolute Gasteiger partial charge is 0.245 e. The number of nitrogens with one attached hydrogen (secondary N) is 1. The van der Waals surface area contributed by atoms with Gasteiger partial charge in [-0.3, -0.25) is 9.20 Å². The first kappa shape index (κ1) is 27.1. The summed E-state index contributed by atoms with van der Waals surface area (Å²) in [6, 6.07) is 10.7. The Hall–Kier alpha value is -5.46. The van der Waals surface area contributed by atoms with Crippen LogP contribution in [0.5, 0.6) is 0 Å². The zero-order valence-electron chi connectivity index (χ0n) is 24.3. The molecular weight excluding hydrogens is 578 g/mol. The number of aryl methyl sites for hydroxylation is 1. The van der Waals surface area contributed by atoms with Crippen molar-refractivity contribution in [2.24, 2.45) is 0 Å². The highest BCUT2D eigenvalue weighted by Gasteiger charge is 2.40. The molecule has 2 aliphatic rings. The number of para-hydroxylation sites is 1. The Bertz CT molecular complexity index is 2090. The van der Waals surface area contributed by atoms with Gasteiger partial charge in [0.15, 0.2) is 5.82 Å². The van der Waals surface area contributed by atoms with E-state index in [9.17, 15) is 13.6 Å². The lowest BCUT2D eigenvalue weighted by Crippen LogP contribution is -2.45. The summed E-state index contributed by atoms with van der Waals surface area (Å²) in [7, 11) is 1.83. The fraction of sp³-hybridized carbons (Fsp3) is 0.250. The van der Waals surface area contributed by atoms with E-state index in [1.807, 2.05) is 42.5 Å². The second-order valence-electron chi connectivity index (χ2n) is 11.5. The molecular formula is C32H28F2N10O. The third-order valence-electron chi connectivity index (χ3n) is 8.67. The fourth-order valence-corrected chi connectivity index (χ4v) is 6.55. The molecule has 1 N–H and O–H groups in total. The quantitative estimate of drug-likeness (QED) is 0.309. The van der Waals surface area contributed by atoms with Crippen molar-refractivity contribution >= 4 is 34.1 Å². The van der Waals surface area contributed by atoms with E-state index in [1.165, 1.54) is 12.1 Å². The number of amides is 1. The minimum atomic E-state index is -0.711. The maximum Gasteiger partial charge on any atom is 0.245 e. The number of hydrogen-bond donors (Lipinski definition) is 1. The lowest BCUT2D eigenvalue weighted by atomic mass is 10.1. The van der Waals surface area contributed by atoms with Gasteiger partial charge in [-0.25, -0.2) is 33.7 Å². The summed E-state index contributed by atoms with van der Waals surface area (Å²) in [5, 5.41) is 3.54. The van der Waals surface area contributed by atoms with Gasteiger partial charge in [0.05, 0.1) is 34.8 Å². The highest BCUT2D eigenvalue weighted by molar-refractivity contribution is 5.92. The summed E-state index contributed by atoms with van der Waals surface area (Å²) in [4.78, 5) is 40.7. The van der Waals surface area contributed by atoms with Crippen molar-refractivity contribution in [3.05, 3.63) is 85.3 Å². The number of hydrogen-bond acceptors (Lipinski definition) is 8. The van der Waals surface area contributed by atoms with Gasteiger partial charge in [-0.2, -0.15) is 0 Å². The van der Waals surface area contributed by atoms with Gasteiger partial charge in [-0.15, -0.1) is 0 Å². The summed E-state index contributed by atoms with van der Waals surface area (Å²) in [6.45, 7) is 1.69. The van der Waals surface area contributed by atoms with Crippen molar-refractivity contribution in [3.63, 3.8) is 0 Å². The molecule has 0 radical (unpaired) electrons. The summed E-state index contributed by atoms with van der Waals surface area (Å²) in [5.41, 5.74) is 4.40. The Morgan fingerprint density at radius 2 is 1.89 bits per heavy atom. The Kier molecular flexibility index (Phi) is 6.39. The number of imidazole rings is 2. The molecule has 2 atom stereocenters. The molecule has 6 heterocycles. The Morgan fingerprint density at radius 3 is 2.78 bits per heavy atom. The van der Waals surface area contributed by atoms with Crippen LogP contribution in [0.2, 0.25) is 0 Å². The van der Waals surface area contributed by atoms with Gasteiger partial charge in [0, 0.05) is 62.8 Å². The van der Waals surface area contributed by atoms with E-state index in [1.54, 1.807) is 34.2 Å². The highest BCUT2D eigenvalue weighted by atomic mass is 19.1. The average Bonchev–Trinajstić information content (AvgIpc) is 3.78. The van der Waals surface area contributed by atoms with E-state index in [0.29, 0.717) is 49.0 Å². The molecule has 0 saturated carbocycles. The molecule has 1 fully saturated rings. The number of anilines is 2. The van der Waals surface area contributed by atoms with Crippen molar-refractivity contribution < 1.29 is 13.6 Å². The number of carbonyl (C=O) groups excluding carboxylic acids is 1. The molecule has 1 amide bonds. The number of rotatable bonds is 2. The molecule has 0 unspecified atom stereocenters. The van der Waals surface area contributed by atoms with Crippen molar-refractivity contribution in [3.8, 4) is 22.6 Å². The minimum absolute atomic E-state index is 0.0261. The molecule has 1 saturated heterocycles. The zero-order valence-corrected chi connectivity index (χ0v) is 24.3. The fourth-order valence-electron chi connectivity index (χ4n) is 6.55. The molecule has 2 aromatic carbocycles. The van der Waals surface area contributed by atoms with Crippen LogP contribution >= 0.6 is 0 Å². The molecule has 8 rings (SSSR count). The Labute approximate surface area is 256 Å². The predicted octanol–water partition coefficient (Wildman–Crippen LogP) is 4.40. The van der Waals surface area contributed by atoms with E-state index in [2.05, 4.69) is 34.8 Å². The first-order valence-corrected chi connectivity index (χ1v) is 14.8. The number of aromatic nitrogens is 7. The van der Waals surface area contributed by atoms with Crippen molar-refractivity contribution in [2.75, 3.05) is 30.4 Å². The maximum absolute atomic E-state index is 14.8. The van der Waals surface area contributed by atoms with E-state index in [-0.39, 0.29) is 17.5 Å². The van der Waals surface area contributed by atoms with Gasteiger partial charge in [0.1, 0.15) is 41.2 Å². The van der Waals surface area contributed by atoms with E-state index >= 15 is 0 Å². The second-order valence-corrected chi connectivity index (χ2v) is 11.5. The molecule has 13 heteroatoms. The van der Waals surface area contributed by atoms with Crippen LogP contribution in [0.3, 0.4) is 0 Å². The van der Waals surface area contributed by atoms with Gasteiger partial charge in [0.2, 0.25) is 5.91 Å². The van der Waals surface area contributed by atoms with Crippen LogP contribution in [0, 0.1) is 11.6 Å². The molecule has 4 bridgehead atoms. The van der Waals surface area contributed by atoms with E-state index in [4.69, 9.17) is 0 Å². The number of benzene rings is 2. The van der Waals surface area contributed by atoms with Gasteiger partial charge in [-0.1, -0.05) is 12.1 Å². The maximum atomic E-state index is 14.8. The third-order valence-corrected chi connectivity index (χ3v) is 8.67. The van der Waals surface area contributed by atoms with E-state index < -0.39 is 17.7 Å². The predicted molar refractivity (Wildman–Crippen MR) is 165 cm³/mol. The SMILES string of the molecule is CN1CCCn2cnc3cccc(c32)-c2cc(ncn2)N[C@H]2C[C@@H](C1=O)N(c1nccn3c(-c4ccc(F)cc4F)ncc13)C2. The molecule has 226 valence electrons. The zero-order chi connectivity index (χ0) is 30.7. The van der Waals surface area contributed by atoms with Crippen molar-refractivity contribution in [1.29, 1.82) is 0 Å². The normalized spacial score (nSPS) is 18.7. The number of nitrogens with zero attached hydrogens (tertiary/aromatic N) is 9. The largest absolute Gasteiger partial charge is 0.365 e. The minimum Gasteiger partial charge on any atom is -0.365 e. The summed E-state index contributed by atoms with van der Waals surface area (Å²) < 4.78 is 32.2. The highest BCUT2D eigenvalue weighted by Crippen LogP contribution is 2.34. The van der Waals surface area contributed by atoms with E-state index in [0.717, 1.165) is 34.8 Å². The molecule has 0 aliphatic carbocycles. The number of likely N-dealkylation sites (N-methyl/N-ethyl adjacent to an activating group) is 1. The molecule has 11 nitrogen and oxygen atoms in total. The van der Waals surface area contributed by atoms with Gasteiger partial charge < -0.3 is 19.7 Å². The van der Waals surface area contributed by atoms with Gasteiger partial charge in [0.25, 0.3) is 0 Å². The average molecular weight is 607 g/mol. The van der Waals surface area contributed by atoms with Gasteiger partial charge in [-0.05, 0) is 31.0 Å². The summed E-state index contributed by atoms with van der Waals surface area (Å²) in [5.74, 6) is 0.115. The first-order chi connectivity index (χ1) is 21.9. The summed E-state index contributed by atoms with van der Waals surface area (Å²) >= 11 is 0. The topological polar surface area (TPSA) is 109 Å². The van der Waals surface area contributed by atoms with Gasteiger partial charge >= 0.3 is 0 Å². The molecule has 45 heavy (non-hydrogen) atoms. The Morgan fingerprint density at radius 1 is 0.978 bits per heavy atom. The van der Waals surface area contributed by atoms with Crippen LogP contribution in [-0.2, 0) is 11.3 Å². The second kappa shape index (κ2) is 10.6. The number of fused-ring (bicyclic) bond motifs is 6. The molecule has 4 aromatic heterocycles. The number of halogens is 2. The van der Waals surface area contributed by atoms with Crippen molar-refractivity contribution in [2.45, 2.75) is 31.5 Å². The molecule has 6 aromatic rings. The summed E-state index contributed by atoms with van der Waals surface area (Å²) in [6.07, 6.45) is 9.52. The Balaban J connectivity index is 1.19. The number of carbonyl (C=O) groups is 1. The van der Waals surface area contributed by atoms with Crippen LogP contribution in [0.25, 0.3) is 39.2 Å². The third kappa shape index (κ3) is 4.62. The first-order valence-electron chi connectivity index (χ1n) is 14.8. The van der Waals surface area contributed by atoms with Crippen LogP contribution in [-0.4, -0.2) is 76.9 Å². The lowest BCUT2D eigenvalue weighted by Gasteiger charge is -2.29. The lowest BCUT2D eigenvalue weighted by molar-refractivity contribution is -0.131.